The smallest absolute Gasteiger partial charge is 0.337 e. The Kier molecular flexibility index (Phi) is 8.14. The van der Waals surface area contributed by atoms with Crippen LogP contribution >= 0.6 is 11.8 Å². The topological polar surface area (TPSA) is 156 Å². The lowest BCUT2D eigenvalue weighted by Gasteiger charge is -2.33. The summed E-state index contributed by atoms with van der Waals surface area (Å²) in [4.78, 5) is 36.4. The van der Waals surface area contributed by atoms with E-state index in [-0.39, 0.29) is 40.6 Å². The molecule has 31 heavy (non-hydrogen) atoms. The van der Waals surface area contributed by atoms with Crippen LogP contribution in [0.2, 0.25) is 0 Å². The van der Waals surface area contributed by atoms with E-state index in [0.717, 1.165) is 11.8 Å². The fourth-order valence-electron chi connectivity index (χ4n) is 3.17. The van der Waals surface area contributed by atoms with E-state index in [2.05, 4.69) is 0 Å². The van der Waals surface area contributed by atoms with Gasteiger partial charge in [-0.2, -0.15) is 0 Å². The zero-order valence-corrected chi connectivity index (χ0v) is 18.0. The Hall–Kier alpha value is -2.96. The maximum atomic E-state index is 12.9. The SMILES string of the molecule is CCOC(=O)C1=C(SCC(O)CO)N(C)C(C)=C([N+](=O)[O-])C1c1cccc([N+](=O)[O-])c1. The maximum Gasteiger partial charge on any atom is 0.337 e. The summed E-state index contributed by atoms with van der Waals surface area (Å²) >= 11 is 1.03. The normalized spacial score (nSPS) is 17.6. The number of hydrogen-bond acceptors (Lipinski definition) is 10. The number of esters is 1. The molecule has 2 N–H and O–H groups in total. The highest BCUT2D eigenvalue weighted by atomic mass is 32.2. The second-order valence-electron chi connectivity index (χ2n) is 6.66. The van der Waals surface area contributed by atoms with Crippen LogP contribution in [0.4, 0.5) is 5.69 Å². The molecule has 0 bridgehead atoms. The van der Waals surface area contributed by atoms with Gasteiger partial charge in [0.05, 0.1) is 45.5 Å². The molecular weight excluding hydrogens is 430 g/mol. The van der Waals surface area contributed by atoms with Crippen LogP contribution in [-0.2, 0) is 9.53 Å². The molecule has 0 radical (unpaired) electrons. The number of thioether (sulfide) groups is 1. The highest BCUT2D eigenvalue weighted by Crippen LogP contribution is 2.45. The molecule has 0 aliphatic carbocycles. The number of carbonyl (C=O) groups excluding carboxylic acids is 1. The third-order valence-electron chi connectivity index (χ3n) is 4.70. The van der Waals surface area contributed by atoms with Crippen molar-refractivity contribution in [1.82, 2.24) is 4.90 Å². The Morgan fingerprint density at radius 1 is 1.32 bits per heavy atom. The summed E-state index contributed by atoms with van der Waals surface area (Å²) in [6.45, 7) is 2.61. The molecule has 0 amide bonds. The first-order valence-corrected chi connectivity index (χ1v) is 10.3. The summed E-state index contributed by atoms with van der Waals surface area (Å²) in [5.41, 5.74) is -0.215. The Morgan fingerprint density at radius 3 is 2.55 bits per heavy atom. The second-order valence-corrected chi connectivity index (χ2v) is 7.67. The number of non-ortho nitro benzene ring substituents is 1. The molecule has 12 heteroatoms. The van der Waals surface area contributed by atoms with Gasteiger partial charge in [-0.15, -0.1) is 11.8 Å². The number of nitro benzene ring substituents is 1. The number of carbonyl (C=O) groups is 1. The zero-order valence-electron chi connectivity index (χ0n) is 17.2. The lowest BCUT2D eigenvalue weighted by Crippen LogP contribution is -2.33. The minimum absolute atomic E-state index is 0.0153. The van der Waals surface area contributed by atoms with E-state index in [0.29, 0.717) is 5.03 Å². The van der Waals surface area contributed by atoms with Crippen molar-refractivity contribution >= 4 is 23.4 Å². The molecule has 1 heterocycles. The van der Waals surface area contributed by atoms with Crippen LogP contribution in [-0.4, -0.2) is 63.0 Å². The minimum Gasteiger partial charge on any atom is -0.463 e. The number of aliphatic hydroxyl groups excluding tert-OH is 2. The standard InChI is InChI=1S/C19H23N3O8S/c1-4-30-19(25)16-15(12-6-5-7-13(8-12)21(26)27)17(22(28)29)11(2)20(3)18(16)31-10-14(24)9-23/h5-8,14-15,23-24H,4,9-10H2,1-3H3. The van der Waals surface area contributed by atoms with Gasteiger partial charge in [0.2, 0.25) is 0 Å². The van der Waals surface area contributed by atoms with Gasteiger partial charge in [-0.1, -0.05) is 12.1 Å². The van der Waals surface area contributed by atoms with E-state index in [1.165, 1.54) is 43.1 Å². The Bertz CT molecular complexity index is 946. The molecule has 1 aromatic rings. The van der Waals surface area contributed by atoms with Gasteiger partial charge in [-0.3, -0.25) is 20.2 Å². The van der Waals surface area contributed by atoms with Gasteiger partial charge in [0.25, 0.3) is 11.4 Å². The summed E-state index contributed by atoms with van der Waals surface area (Å²) in [6.07, 6.45) is -1.08. The van der Waals surface area contributed by atoms with Crippen molar-refractivity contribution < 1.29 is 29.6 Å². The van der Waals surface area contributed by atoms with E-state index in [1.807, 2.05) is 0 Å². The summed E-state index contributed by atoms with van der Waals surface area (Å²) in [7, 11) is 1.54. The highest BCUT2D eigenvalue weighted by molar-refractivity contribution is 8.03. The number of allylic oxidation sites excluding steroid dienone is 2. The number of benzene rings is 1. The van der Waals surface area contributed by atoms with Crippen molar-refractivity contribution in [1.29, 1.82) is 0 Å². The molecule has 11 nitrogen and oxygen atoms in total. The number of rotatable bonds is 9. The van der Waals surface area contributed by atoms with Gasteiger partial charge in [0.15, 0.2) is 0 Å². The first kappa shape index (κ1) is 24.3. The van der Waals surface area contributed by atoms with Gasteiger partial charge in [0, 0.05) is 24.9 Å². The quantitative estimate of drug-likeness (QED) is 0.322. The van der Waals surface area contributed by atoms with Gasteiger partial charge in [0.1, 0.15) is 5.92 Å². The second kappa shape index (κ2) is 10.4. The fourth-order valence-corrected chi connectivity index (χ4v) is 4.31. The van der Waals surface area contributed by atoms with Crippen LogP contribution in [0, 0.1) is 20.2 Å². The molecule has 1 aromatic carbocycles. The molecule has 2 atom stereocenters. The van der Waals surface area contributed by atoms with E-state index in [9.17, 15) is 30.1 Å². The Labute approximate surface area is 182 Å². The highest BCUT2D eigenvalue weighted by Gasteiger charge is 2.44. The van der Waals surface area contributed by atoms with Crippen molar-refractivity contribution in [2.24, 2.45) is 0 Å². The number of hydrogen-bond donors (Lipinski definition) is 2. The average Bonchev–Trinajstić information content (AvgIpc) is 2.73. The summed E-state index contributed by atoms with van der Waals surface area (Å²) < 4.78 is 5.16. The lowest BCUT2D eigenvalue weighted by atomic mass is 9.85. The number of nitro groups is 2. The predicted octanol–water partition coefficient (Wildman–Crippen LogP) is 1.99. The summed E-state index contributed by atoms with van der Waals surface area (Å²) in [5.74, 6) is -2.01. The third-order valence-corrected chi connectivity index (χ3v) is 6.02. The van der Waals surface area contributed by atoms with E-state index in [4.69, 9.17) is 9.84 Å². The largest absolute Gasteiger partial charge is 0.463 e. The lowest BCUT2D eigenvalue weighted by molar-refractivity contribution is -0.431. The molecule has 2 unspecified atom stereocenters. The molecular formula is C19H23N3O8S. The van der Waals surface area contributed by atoms with Gasteiger partial charge in [-0.25, -0.2) is 4.79 Å². The minimum atomic E-state index is -1.22. The molecule has 0 saturated carbocycles. The average molecular weight is 453 g/mol. The molecule has 168 valence electrons. The number of aliphatic hydroxyl groups is 2. The summed E-state index contributed by atoms with van der Waals surface area (Å²) in [5, 5.41) is 42.4. The van der Waals surface area contributed by atoms with Crippen molar-refractivity contribution in [2.75, 3.05) is 26.0 Å². The van der Waals surface area contributed by atoms with Crippen LogP contribution < -0.4 is 0 Å². The van der Waals surface area contributed by atoms with E-state index >= 15 is 0 Å². The van der Waals surface area contributed by atoms with Crippen LogP contribution in [0.25, 0.3) is 0 Å². The molecule has 1 aliphatic rings. The van der Waals surface area contributed by atoms with Crippen molar-refractivity contribution in [2.45, 2.75) is 25.9 Å². The molecule has 0 saturated heterocycles. The Balaban J connectivity index is 2.77. The van der Waals surface area contributed by atoms with E-state index in [1.54, 1.807) is 6.92 Å². The number of nitrogens with zero attached hydrogens (tertiary/aromatic N) is 3. The third kappa shape index (κ3) is 5.21. The molecule has 1 aliphatic heterocycles. The number of ether oxygens (including phenoxy) is 1. The van der Waals surface area contributed by atoms with Crippen LogP contribution in [0.15, 0.2) is 46.3 Å². The predicted molar refractivity (Wildman–Crippen MR) is 113 cm³/mol. The van der Waals surface area contributed by atoms with Crippen LogP contribution in [0.1, 0.15) is 25.3 Å². The van der Waals surface area contributed by atoms with Crippen LogP contribution in [0.5, 0.6) is 0 Å². The Morgan fingerprint density at radius 2 is 2.00 bits per heavy atom. The van der Waals surface area contributed by atoms with Crippen molar-refractivity contribution in [3.8, 4) is 0 Å². The van der Waals surface area contributed by atoms with Gasteiger partial charge >= 0.3 is 5.97 Å². The van der Waals surface area contributed by atoms with E-state index < -0.39 is 34.4 Å². The first-order valence-electron chi connectivity index (χ1n) is 9.30. The van der Waals surface area contributed by atoms with Crippen molar-refractivity contribution in [3.63, 3.8) is 0 Å². The monoisotopic (exact) mass is 453 g/mol. The van der Waals surface area contributed by atoms with Crippen LogP contribution in [0.3, 0.4) is 0 Å². The molecule has 0 spiro atoms. The zero-order chi connectivity index (χ0) is 23.3. The molecule has 0 fully saturated rings. The first-order chi connectivity index (χ1) is 14.6. The molecule has 2 rings (SSSR count). The van der Waals surface area contributed by atoms with Gasteiger partial charge in [-0.05, 0) is 19.4 Å². The van der Waals surface area contributed by atoms with Gasteiger partial charge < -0.3 is 19.8 Å². The molecule has 0 aromatic heterocycles. The fraction of sp³-hybridized carbons (Fsp3) is 0.421. The maximum absolute atomic E-state index is 12.9. The van der Waals surface area contributed by atoms with Crippen molar-refractivity contribution in [3.05, 3.63) is 72.1 Å². The summed E-state index contributed by atoms with van der Waals surface area (Å²) in [6, 6.07) is 5.31.